The van der Waals surface area contributed by atoms with E-state index in [4.69, 9.17) is 5.73 Å². The fourth-order valence-electron chi connectivity index (χ4n) is 1.06. The van der Waals surface area contributed by atoms with E-state index in [1.165, 1.54) is 4.68 Å². The van der Waals surface area contributed by atoms with Crippen molar-refractivity contribution in [2.24, 2.45) is 5.73 Å². The lowest BCUT2D eigenvalue weighted by Gasteiger charge is -2.06. The molecule has 0 saturated carbocycles. The second kappa shape index (κ2) is 5.80. The molecule has 0 aliphatic rings. The Kier molecular flexibility index (Phi) is 4.69. The Bertz CT molecular complexity index is 312. The number of nitrogens with zero attached hydrogens (tertiary/aromatic N) is 3. The minimum absolute atomic E-state index is 0.0507. The number of alkyl halides is 3. The molecular formula is C8H13F3N4O. The van der Waals surface area contributed by atoms with Gasteiger partial charge in [-0.1, -0.05) is 5.21 Å². The van der Waals surface area contributed by atoms with Gasteiger partial charge in [0.05, 0.1) is 18.8 Å². The molecule has 92 valence electrons. The van der Waals surface area contributed by atoms with Gasteiger partial charge in [0.2, 0.25) is 0 Å². The molecule has 8 heteroatoms. The van der Waals surface area contributed by atoms with Gasteiger partial charge < -0.3 is 10.5 Å². The summed E-state index contributed by atoms with van der Waals surface area (Å²) in [7, 11) is 0. The van der Waals surface area contributed by atoms with Crippen molar-refractivity contribution in [1.29, 1.82) is 0 Å². The number of nitrogens with two attached hydrogens (primary N) is 1. The lowest BCUT2D eigenvalue weighted by Crippen LogP contribution is -2.19. The Balaban J connectivity index is 2.21. The number of hydrogen-bond acceptors (Lipinski definition) is 4. The molecule has 0 radical (unpaired) electrons. The van der Waals surface area contributed by atoms with Crippen LogP contribution in [0.25, 0.3) is 0 Å². The minimum Gasteiger partial charge on any atom is -0.370 e. The highest BCUT2D eigenvalue weighted by molar-refractivity contribution is 4.92. The summed E-state index contributed by atoms with van der Waals surface area (Å²) in [4.78, 5) is 0. The molecule has 1 heterocycles. The average molecular weight is 238 g/mol. The van der Waals surface area contributed by atoms with Gasteiger partial charge >= 0.3 is 6.18 Å². The summed E-state index contributed by atoms with van der Waals surface area (Å²) in [5.41, 5.74) is 6.03. The quantitative estimate of drug-likeness (QED) is 0.726. The maximum Gasteiger partial charge on any atom is 0.411 e. The lowest BCUT2D eigenvalue weighted by molar-refractivity contribution is -0.174. The third-order valence-corrected chi connectivity index (χ3v) is 1.72. The Hall–Kier alpha value is -1.15. The van der Waals surface area contributed by atoms with Crippen molar-refractivity contribution in [3.8, 4) is 0 Å². The van der Waals surface area contributed by atoms with Gasteiger partial charge in [-0.2, -0.15) is 13.2 Å². The van der Waals surface area contributed by atoms with Crippen LogP contribution in [0.5, 0.6) is 0 Å². The highest BCUT2D eigenvalue weighted by Gasteiger charge is 2.27. The summed E-state index contributed by atoms with van der Waals surface area (Å²) in [6.07, 6.45) is -2.04. The third kappa shape index (κ3) is 5.08. The Labute approximate surface area is 90.4 Å². The molecule has 1 aromatic heterocycles. The van der Waals surface area contributed by atoms with Crippen molar-refractivity contribution in [2.45, 2.75) is 19.1 Å². The van der Waals surface area contributed by atoms with E-state index < -0.39 is 12.8 Å². The molecule has 0 aliphatic heterocycles. The number of hydrogen-bond donors (Lipinski definition) is 1. The van der Waals surface area contributed by atoms with Crippen LogP contribution in [0.4, 0.5) is 13.2 Å². The Morgan fingerprint density at radius 1 is 1.44 bits per heavy atom. The molecule has 0 saturated heterocycles. The van der Waals surface area contributed by atoms with E-state index in [1.807, 2.05) is 0 Å². The van der Waals surface area contributed by atoms with Gasteiger partial charge in [0.1, 0.15) is 6.61 Å². The summed E-state index contributed by atoms with van der Waals surface area (Å²) in [6.45, 7) is -0.584. The van der Waals surface area contributed by atoms with Crippen LogP contribution < -0.4 is 5.73 Å². The molecular weight excluding hydrogens is 225 g/mol. The third-order valence-electron chi connectivity index (χ3n) is 1.72. The van der Waals surface area contributed by atoms with Crippen molar-refractivity contribution in [1.82, 2.24) is 15.0 Å². The largest absolute Gasteiger partial charge is 0.411 e. The molecule has 1 aromatic rings. The molecule has 0 unspecified atom stereocenters. The summed E-state index contributed by atoms with van der Waals surface area (Å²) >= 11 is 0. The van der Waals surface area contributed by atoms with Crippen molar-refractivity contribution in [3.63, 3.8) is 0 Å². The van der Waals surface area contributed by atoms with Crippen LogP contribution in [-0.2, 0) is 17.7 Å². The SMILES string of the molecule is NCCc1cn(CCOCC(F)(F)F)nn1. The molecule has 1 rings (SSSR count). The molecule has 0 aromatic carbocycles. The zero-order valence-electron chi connectivity index (χ0n) is 8.57. The highest BCUT2D eigenvalue weighted by atomic mass is 19.4. The van der Waals surface area contributed by atoms with E-state index in [2.05, 4.69) is 15.0 Å². The number of aromatic nitrogens is 3. The fourth-order valence-corrected chi connectivity index (χ4v) is 1.06. The van der Waals surface area contributed by atoms with Crippen LogP contribution in [0.1, 0.15) is 5.69 Å². The van der Waals surface area contributed by atoms with Gasteiger partial charge in [-0.05, 0) is 6.54 Å². The summed E-state index contributed by atoms with van der Waals surface area (Å²) in [6, 6.07) is 0. The predicted molar refractivity (Wildman–Crippen MR) is 49.7 cm³/mol. The average Bonchev–Trinajstić information content (AvgIpc) is 2.60. The minimum atomic E-state index is -4.28. The van der Waals surface area contributed by atoms with E-state index in [1.54, 1.807) is 6.20 Å². The maximum atomic E-state index is 11.7. The van der Waals surface area contributed by atoms with Crippen LogP contribution in [-0.4, -0.2) is 40.9 Å². The highest BCUT2D eigenvalue weighted by Crippen LogP contribution is 2.14. The summed E-state index contributed by atoms with van der Waals surface area (Å²) in [5, 5.41) is 7.51. The fraction of sp³-hybridized carbons (Fsp3) is 0.750. The van der Waals surface area contributed by atoms with Crippen molar-refractivity contribution in [2.75, 3.05) is 19.8 Å². The lowest BCUT2D eigenvalue weighted by atomic mass is 10.3. The first kappa shape index (κ1) is 12.9. The van der Waals surface area contributed by atoms with Crippen LogP contribution >= 0.6 is 0 Å². The molecule has 0 fully saturated rings. The smallest absolute Gasteiger partial charge is 0.370 e. The topological polar surface area (TPSA) is 66.0 Å². The van der Waals surface area contributed by atoms with E-state index in [0.29, 0.717) is 13.0 Å². The van der Waals surface area contributed by atoms with Crippen LogP contribution in [0, 0.1) is 0 Å². The van der Waals surface area contributed by atoms with Crippen molar-refractivity contribution in [3.05, 3.63) is 11.9 Å². The van der Waals surface area contributed by atoms with E-state index in [-0.39, 0.29) is 13.2 Å². The molecule has 0 aliphatic carbocycles. The Morgan fingerprint density at radius 2 is 2.19 bits per heavy atom. The first-order valence-corrected chi connectivity index (χ1v) is 4.75. The molecule has 2 N–H and O–H groups in total. The molecule has 0 amide bonds. The van der Waals surface area contributed by atoms with Gasteiger partial charge in [0.15, 0.2) is 0 Å². The zero-order valence-corrected chi connectivity index (χ0v) is 8.57. The van der Waals surface area contributed by atoms with Gasteiger partial charge in [-0.3, -0.25) is 0 Å². The molecule has 5 nitrogen and oxygen atoms in total. The van der Waals surface area contributed by atoms with E-state index >= 15 is 0 Å². The zero-order chi connectivity index (χ0) is 12.0. The van der Waals surface area contributed by atoms with Gasteiger partial charge in [0.25, 0.3) is 0 Å². The van der Waals surface area contributed by atoms with Crippen molar-refractivity contribution < 1.29 is 17.9 Å². The molecule has 0 bridgehead atoms. The van der Waals surface area contributed by atoms with E-state index in [0.717, 1.165) is 5.69 Å². The van der Waals surface area contributed by atoms with Gasteiger partial charge in [-0.15, -0.1) is 5.10 Å². The van der Waals surface area contributed by atoms with Crippen LogP contribution in [0.15, 0.2) is 6.20 Å². The predicted octanol–water partition coefficient (Wildman–Crippen LogP) is 0.358. The molecule has 0 spiro atoms. The number of rotatable bonds is 6. The normalized spacial score (nSPS) is 12.0. The molecule has 0 atom stereocenters. The van der Waals surface area contributed by atoms with Gasteiger partial charge in [0, 0.05) is 12.6 Å². The Morgan fingerprint density at radius 3 is 2.81 bits per heavy atom. The van der Waals surface area contributed by atoms with Crippen LogP contribution in [0.2, 0.25) is 0 Å². The number of halogens is 3. The number of ether oxygens (including phenoxy) is 1. The van der Waals surface area contributed by atoms with Gasteiger partial charge in [-0.25, -0.2) is 4.68 Å². The second-order valence-electron chi connectivity index (χ2n) is 3.18. The van der Waals surface area contributed by atoms with Crippen molar-refractivity contribution >= 4 is 0 Å². The monoisotopic (exact) mass is 238 g/mol. The summed E-state index contributed by atoms with van der Waals surface area (Å²) < 4.78 is 41.0. The maximum absolute atomic E-state index is 11.7. The summed E-state index contributed by atoms with van der Waals surface area (Å²) in [5.74, 6) is 0. The standard InChI is InChI=1S/C8H13F3N4O/c9-8(10,11)6-16-4-3-15-5-7(1-2-12)13-14-15/h5H,1-4,6,12H2. The first-order valence-electron chi connectivity index (χ1n) is 4.75. The second-order valence-corrected chi connectivity index (χ2v) is 3.18. The first-order chi connectivity index (χ1) is 7.51. The van der Waals surface area contributed by atoms with E-state index in [9.17, 15) is 13.2 Å². The molecule has 16 heavy (non-hydrogen) atoms. The van der Waals surface area contributed by atoms with Crippen LogP contribution in [0.3, 0.4) is 0 Å².